The minimum absolute atomic E-state index is 0.266. The van der Waals surface area contributed by atoms with Crippen LogP contribution in [0.4, 0.5) is 0 Å². The minimum atomic E-state index is 0.266. The van der Waals surface area contributed by atoms with Crippen molar-refractivity contribution in [2.75, 3.05) is 26.7 Å². The fourth-order valence-electron chi connectivity index (χ4n) is 2.07. The second kappa shape index (κ2) is 6.06. The zero-order chi connectivity index (χ0) is 10.4. The molecule has 0 aromatic heterocycles. The van der Waals surface area contributed by atoms with Crippen LogP contribution in [0.2, 0.25) is 0 Å². The van der Waals surface area contributed by atoms with Gasteiger partial charge in [-0.3, -0.25) is 0 Å². The summed E-state index contributed by atoms with van der Waals surface area (Å²) in [6.45, 7) is 5.68. The zero-order valence-corrected chi connectivity index (χ0v) is 9.42. The van der Waals surface area contributed by atoms with E-state index in [4.69, 9.17) is 6.42 Å². The summed E-state index contributed by atoms with van der Waals surface area (Å²) in [5, 5.41) is 3.45. The number of likely N-dealkylation sites (tertiary alicyclic amines) is 1. The fraction of sp³-hybridized carbons (Fsp3) is 0.833. The first kappa shape index (κ1) is 11.6. The minimum Gasteiger partial charge on any atom is -0.306 e. The molecule has 0 aromatic carbocycles. The van der Waals surface area contributed by atoms with E-state index in [9.17, 15) is 0 Å². The van der Waals surface area contributed by atoms with Crippen LogP contribution in [0.5, 0.6) is 0 Å². The van der Waals surface area contributed by atoms with E-state index in [2.05, 4.69) is 30.1 Å². The van der Waals surface area contributed by atoms with E-state index in [1.54, 1.807) is 0 Å². The Kier molecular flexibility index (Phi) is 5.00. The zero-order valence-electron chi connectivity index (χ0n) is 9.42. The Labute approximate surface area is 88.1 Å². The third-order valence-electron chi connectivity index (χ3n) is 2.98. The second-order valence-electron chi connectivity index (χ2n) is 4.31. The molecule has 0 bridgehead atoms. The monoisotopic (exact) mass is 194 g/mol. The Hall–Kier alpha value is -0.520. The van der Waals surface area contributed by atoms with Crippen molar-refractivity contribution in [3.63, 3.8) is 0 Å². The van der Waals surface area contributed by atoms with Crippen molar-refractivity contribution in [3.8, 4) is 12.3 Å². The number of nitrogens with one attached hydrogen (secondary N) is 1. The maximum Gasteiger partial charge on any atom is 0.0684 e. The highest BCUT2D eigenvalue weighted by Gasteiger charge is 2.17. The molecule has 80 valence electrons. The van der Waals surface area contributed by atoms with Gasteiger partial charge in [0.25, 0.3) is 0 Å². The lowest BCUT2D eigenvalue weighted by Gasteiger charge is -2.30. The van der Waals surface area contributed by atoms with Gasteiger partial charge in [0.1, 0.15) is 0 Å². The summed E-state index contributed by atoms with van der Waals surface area (Å²) in [5.74, 6) is 3.57. The first-order valence-electron chi connectivity index (χ1n) is 5.64. The summed E-state index contributed by atoms with van der Waals surface area (Å²) in [5.41, 5.74) is 0. The molecule has 2 heteroatoms. The number of rotatable bonds is 4. The van der Waals surface area contributed by atoms with Crippen LogP contribution >= 0.6 is 0 Å². The van der Waals surface area contributed by atoms with E-state index in [1.165, 1.54) is 25.9 Å². The van der Waals surface area contributed by atoms with Crippen molar-refractivity contribution in [3.05, 3.63) is 0 Å². The van der Waals surface area contributed by atoms with Gasteiger partial charge in [-0.15, -0.1) is 6.42 Å². The number of hydrogen-bond donors (Lipinski definition) is 1. The normalized spacial score (nSPS) is 25.6. The summed E-state index contributed by atoms with van der Waals surface area (Å²) in [6, 6.07) is 0.266. The number of piperidine rings is 1. The number of nitrogens with zero attached hydrogens (tertiary/aromatic N) is 1. The van der Waals surface area contributed by atoms with E-state index < -0.39 is 0 Å². The molecular formula is C12H22N2. The highest BCUT2D eigenvalue weighted by Crippen LogP contribution is 2.14. The van der Waals surface area contributed by atoms with E-state index in [0.29, 0.717) is 0 Å². The molecule has 0 aliphatic carbocycles. The predicted octanol–water partition coefficient (Wildman–Crippen LogP) is 1.33. The highest BCUT2D eigenvalue weighted by atomic mass is 15.1. The lowest BCUT2D eigenvalue weighted by Crippen LogP contribution is -2.40. The largest absolute Gasteiger partial charge is 0.306 e. The molecule has 1 heterocycles. The van der Waals surface area contributed by atoms with Crippen LogP contribution in [0.25, 0.3) is 0 Å². The lowest BCUT2D eigenvalue weighted by atomic mass is 9.98. The van der Waals surface area contributed by atoms with Crippen LogP contribution in [0.15, 0.2) is 0 Å². The quantitative estimate of drug-likeness (QED) is 0.679. The van der Waals surface area contributed by atoms with Crippen LogP contribution in [0, 0.1) is 18.3 Å². The standard InChI is InChI=1S/C12H22N2/c1-4-12(5-2)13-9-11-7-6-8-14(3)10-11/h1,11-13H,5-10H2,2-3H3. The van der Waals surface area contributed by atoms with Crippen LogP contribution in [0.1, 0.15) is 26.2 Å². The van der Waals surface area contributed by atoms with E-state index in [-0.39, 0.29) is 6.04 Å². The molecule has 1 N–H and O–H groups in total. The number of terminal acetylenes is 1. The van der Waals surface area contributed by atoms with Crippen LogP contribution < -0.4 is 5.32 Å². The average molecular weight is 194 g/mol. The molecule has 0 aromatic rings. The molecule has 0 radical (unpaired) electrons. The molecule has 0 saturated carbocycles. The van der Waals surface area contributed by atoms with Gasteiger partial charge in [-0.1, -0.05) is 12.8 Å². The van der Waals surface area contributed by atoms with Crippen LogP contribution in [0.3, 0.4) is 0 Å². The van der Waals surface area contributed by atoms with E-state index in [1.807, 2.05) is 0 Å². The van der Waals surface area contributed by atoms with Gasteiger partial charge in [0.15, 0.2) is 0 Å². The van der Waals surface area contributed by atoms with Gasteiger partial charge in [-0.2, -0.15) is 0 Å². The second-order valence-corrected chi connectivity index (χ2v) is 4.31. The summed E-state index contributed by atoms with van der Waals surface area (Å²) < 4.78 is 0. The van der Waals surface area contributed by atoms with Gasteiger partial charge in [0.05, 0.1) is 6.04 Å². The topological polar surface area (TPSA) is 15.3 Å². The smallest absolute Gasteiger partial charge is 0.0684 e. The highest BCUT2D eigenvalue weighted by molar-refractivity contribution is 4.98. The van der Waals surface area contributed by atoms with Gasteiger partial charge in [0, 0.05) is 13.1 Å². The summed E-state index contributed by atoms with van der Waals surface area (Å²) in [6.07, 6.45) is 9.10. The SMILES string of the molecule is C#CC(CC)NCC1CCCN(C)C1. The lowest BCUT2D eigenvalue weighted by molar-refractivity contribution is 0.204. The van der Waals surface area contributed by atoms with Crippen molar-refractivity contribution in [1.29, 1.82) is 0 Å². The Morgan fingerprint density at radius 1 is 1.64 bits per heavy atom. The maximum atomic E-state index is 5.40. The molecule has 14 heavy (non-hydrogen) atoms. The number of hydrogen-bond acceptors (Lipinski definition) is 2. The molecule has 2 nitrogen and oxygen atoms in total. The van der Waals surface area contributed by atoms with Crippen LogP contribution in [-0.4, -0.2) is 37.6 Å². The fourth-order valence-corrected chi connectivity index (χ4v) is 2.07. The molecule has 0 amide bonds. The Morgan fingerprint density at radius 2 is 2.43 bits per heavy atom. The molecule has 1 aliphatic heterocycles. The van der Waals surface area contributed by atoms with E-state index in [0.717, 1.165) is 18.9 Å². The maximum absolute atomic E-state index is 5.40. The first-order chi connectivity index (χ1) is 6.76. The van der Waals surface area contributed by atoms with Gasteiger partial charge >= 0.3 is 0 Å². The third kappa shape index (κ3) is 3.69. The van der Waals surface area contributed by atoms with Crippen molar-refractivity contribution in [1.82, 2.24) is 10.2 Å². The van der Waals surface area contributed by atoms with Crippen molar-refractivity contribution in [2.24, 2.45) is 5.92 Å². The summed E-state index contributed by atoms with van der Waals surface area (Å²) in [4.78, 5) is 2.41. The van der Waals surface area contributed by atoms with Crippen LogP contribution in [-0.2, 0) is 0 Å². The van der Waals surface area contributed by atoms with Crippen molar-refractivity contribution in [2.45, 2.75) is 32.2 Å². The van der Waals surface area contributed by atoms with Gasteiger partial charge in [0.2, 0.25) is 0 Å². The third-order valence-corrected chi connectivity index (χ3v) is 2.98. The van der Waals surface area contributed by atoms with Crippen molar-refractivity contribution < 1.29 is 0 Å². The Morgan fingerprint density at radius 3 is 3.00 bits per heavy atom. The van der Waals surface area contributed by atoms with Crippen molar-refractivity contribution >= 4 is 0 Å². The molecule has 1 saturated heterocycles. The summed E-state index contributed by atoms with van der Waals surface area (Å²) >= 11 is 0. The molecule has 1 aliphatic rings. The Balaban J connectivity index is 2.20. The van der Waals surface area contributed by atoms with Gasteiger partial charge in [-0.25, -0.2) is 0 Å². The molecule has 0 spiro atoms. The molecule has 2 unspecified atom stereocenters. The average Bonchev–Trinajstić information content (AvgIpc) is 2.19. The summed E-state index contributed by atoms with van der Waals surface area (Å²) in [7, 11) is 2.20. The first-order valence-corrected chi connectivity index (χ1v) is 5.64. The molecular weight excluding hydrogens is 172 g/mol. The van der Waals surface area contributed by atoms with E-state index >= 15 is 0 Å². The van der Waals surface area contributed by atoms with Gasteiger partial charge in [-0.05, 0) is 38.8 Å². The molecule has 2 atom stereocenters. The van der Waals surface area contributed by atoms with Gasteiger partial charge < -0.3 is 10.2 Å². The Bertz CT molecular complexity index is 195. The molecule has 1 rings (SSSR count). The molecule has 1 fully saturated rings. The predicted molar refractivity (Wildman–Crippen MR) is 61.1 cm³/mol.